The van der Waals surface area contributed by atoms with E-state index < -0.39 is 5.97 Å². The number of hydrogen-bond donors (Lipinski definition) is 1. The van der Waals surface area contributed by atoms with Gasteiger partial charge in [0.2, 0.25) is 0 Å². The average molecular weight is 328 g/mol. The molecule has 5 nitrogen and oxygen atoms in total. The molecule has 3 aromatic rings. The zero-order valence-electron chi connectivity index (χ0n) is 12.4. The molecule has 0 aliphatic heterocycles. The largest absolute Gasteiger partial charge is 0.477 e. The van der Waals surface area contributed by atoms with Gasteiger partial charge in [-0.3, -0.25) is 0 Å². The van der Waals surface area contributed by atoms with Crippen molar-refractivity contribution in [1.29, 1.82) is 0 Å². The van der Waals surface area contributed by atoms with Crippen LogP contribution >= 0.6 is 11.6 Å². The number of aromatic nitrogens is 3. The minimum absolute atomic E-state index is 0.00932. The Morgan fingerprint density at radius 1 is 1.30 bits per heavy atom. The van der Waals surface area contributed by atoms with Crippen LogP contribution in [0.2, 0.25) is 5.02 Å². The first kappa shape index (κ1) is 15.2. The van der Waals surface area contributed by atoms with Crippen LogP contribution < -0.4 is 0 Å². The number of halogens is 1. The van der Waals surface area contributed by atoms with Crippen molar-refractivity contribution >= 4 is 17.6 Å². The third-order valence-corrected chi connectivity index (χ3v) is 4.03. The molecule has 3 rings (SSSR count). The van der Waals surface area contributed by atoms with Gasteiger partial charge in [-0.1, -0.05) is 23.7 Å². The van der Waals surface area contributed by atoms with Gasteiger partial charge in [-0.15, -0.1) is 0 Å². The Morgan fingerprint density at radius 2 is 2.04 bits per heavy atom. The van der Waals surface area contributed by atoms with Gasteiger partial charge in [0.05, 0.1) is 16.4 Å². The van der Waals surface area contributed by atoms with Gasteiger partial charge in [-0.2, -0.15) is 5.10 Å². The number of nitrogens with zero attached hydrogens (tertiary/aromatic N) is 3. The van der Waals surface area contributed by atoms with E-state index in [1.165, 1.54) is 6.07 Å². The van der Waals surface area contributed by atoms with Crippen molar-refractivity contribution in [2.45, 2.75) is 13.3 Å². The van der Waals surface area contributed by atoms with Gasteiger partial charge in [-0.25, -0.2) is 14.5 Å². The van der Waals surface area contributed by atoms with Gasteiger partial charge in [-0.05, 0) is 48.7 Å². The topological polar surface area (TPSA) is 68.0 Å². The summed E-state index contributed by atoms with van der Waals surface area (Å²) in [6.45, 7) is 1.71. The monoisotopic (exact) mass is 327 g/mol. The SMILES string of the molecule is Cc1nc(C(=O)O)cc(Cc2ccc(-n3cccn3)cc2)c1Cl. The van der Waals surface area contributed by atoms with Crippen LogP contribution in [0.3, 0.4) is 0 Å². The number of rotatable bonds is 4. The number of hydrogen-bond acceptors (Lipinski definition) is 3. The van der Waals surface area contributed by atoms with Crippen LogP contribution in [0, 0.1) is 6.92 Å². The molecule has 0 unspecified atom stereocenters. The highest BCUT2D eigenvalue weighted by molar-refractivity contribution is 6.32. The van der Waals surface area contributed by atoms with Crippen molar-refractivity contribution in [3.63, 3.8) is 0 Å². The summed E-state index contributed by atoms with van der Waals surface area (Å²) in [5, 5.41) is 13.8. The Balaban J connectivity index is 1.88. The first-order chi connectivity index (χ1) is 11.0. The molecule has 1 N–H and O–H groups in total. The quantitative estimate of drug-likeness (QED) is 0.796. The molecule has 0 spiro atoms. The van der Waals surface area contributed by atoms with Crippen LogP contribution in [0.4, 0.5) is 0 Å². The number of carboxylic acid groups (broad SMARTS) is 1. The summed E-state index contributed by atoms with van der Waals surface area (Å²) in [6, 6.07) is 11.3. The van der Waals surface area contributed by atoms with Crippen LogP contribution in [0.15, 0.2) is 48.8 Å². The fraction of sp³-hybridized carbons (Fsp3) is 0.118. The molecule has 6 heteroatoms. The second kappa shape index (κ2) is 6.22. The van der Waals surface area contributed by atoms with Crippen molar-refractivity contribution in [3.8, 4) is 5.69 Å². The van der Waals surface area contributed by atoms with Gasteiger partial charge in [0.1, 0.15) is 5.69 Å². The summed E-state index contributed by atoms with van der Waals surface area (Å²) in [5.74, 6) is -1.06. The number of carboxylic acids is 1. The highest BCUT2D eigenvalue weighted by Gasteiger charge is 2.13. The van der Waals surface area contributed by atoms with Crippen molar-refractivity contribution in [2.24, 2.45) is 0 Å². The van der Waals surface area contributed by atoms with E-state index in [1.807, 2.05) is 36.5 Å². The fourth-order valence-electron chi connectivity index (χ4n) is 2.37. The second-order valence-electron chi connectivity index (χ2n) is 5.17. The van der Waals surface area contributed by atoms with Gasteiger partial charge in [0, 0.05) is 12.4 Å². The molecule has 116 valence electrons. The number of benzene rings is 1. The van der Waals surface area contributed by atoms with E-state index in [9.17, 15) is 4.79 Å². The van der Waals surface area contributed by atoms with E-state index in [0.717, 1.165) is 16.8 Å². The lowest BCUT2D eigenvalue weighted by Crippen LogP contribution is -2.05. The van der Waals surface area contributed by atoms with Gasteiger partial charge in [0.15, 0.2) is 0 Å². The molecule has 2 heterocycles. The maximum Gasteiger partial charge on any atom is 0.354 e. The lowest BCUT2D eigenvalue weighted by atomic mass is 10.0. The molecule has 0 fully saturated rings. The van der Waals surface area contributed by atoms with E-state index in [-0.39, 0.29) is 5.69 Å². The van der Waals surface area contributed by atoms with E-state index >= 15 is 0 Å². The Morgan fingerprint density at radius 3 is 2.65 bits per heavy atom. The summed E-state index contributed by atoms with van der Waals surface area (Å²) in [6.07, 6.45) is 4.14. The molecule has 0 aliphatic carbocycles. The molecule has 0 amide bonds. The number of aromatic carboxylic acids is 1. The Bertz CT molecular complexity index is 843. The Kier molecular flexibility index (Phi) is 4.12. The highest BCUT2D eigenvalue weighted by Crippen LogP contribution is 2.23. The molecular weight excluding hydrogens is 314 g/mol. The maximum absolute atomic E-state index is 11.1. The number of pyridine rings is 1. The van der Waals surface area contributed by atoms with E-state index in [1.54, 1.807) is 17.8 Å². The summed E-state index contributed by atoms with van der Waals surface area (Å²) >= 11 is 6.26. The number of carbonyl (C=O) groups is 1. The van der Waals surface area contributed by atoms with E-state index in [0.29, 0.717) is 17.1 Å². The normalized spacial score (nSPS) is 10.7. The van der Waals surface area contributed by atoms with Crippen LogP contribution in [-0.4, -0.2) is 25.8 Å². The van der Waals surface area contributed by atoms with Crippen molar-refractivity contribution < 1.29 is 9.90 Å². The second-order valence-corrected chi connectivity index (χ2v) is 5.54. The Labute approximate surface area is 138 Å². The van der Waals surface area contributed by atoms with Crippen LogP contribution in [-0.2, 0) is 6.42 Å². The molecule has 0 saturated carbocycles. The summed E-state index contributed by atoms with van der Waals surface area (Å²) in [4.78, 5) is 15.1. The summed E-state index contributed by atoms with van der Waals surface area (Å²) < 4.78 is 1.77. The van der Waals surface area contributed by atoms with Crippen molar-refractivity contribution in [2.75, 3.05) is 0 Å². The molecule has 23 heavy (non-hydrogen) atoms. The molecule has 0 atom stereocenters. The van der Waals surface area contributed by atoms with E-state index in [4.69, 9.17) is 16.7 Å². The van der Waals surface area contributed by atoms with E-state index in [2.05, 4.69) is 10.1 Å². The lowest BCUT2D eigenvalue weighted by Gasteiger charge is -2.09. The summed E-state index contributed by atoms with van der Waals surface area (Å²) in [5.41, 5.74) is 3.28. The minimum Gasteiger partial charge on any atom is -0.477 e. The first-order valence-corrected chi connectivity index (χ1v) is 7.40. The van der Waals surface area contributed by atoms with Gasteiger partial charge in [0.25, 0.3) is 0 Å². The smallest absolute Gasteiger partial charge is 0.354 e. The molecule has 0 saturated heterocycles. The van der Waals surface area contributed by atoms with Gasteiger partial charge < -0.3 is 5.11 Å². The molecular formula is C17H14ClN3O2. The molecule has 1 aromatic carbocycles. The summed E-state index contributed by atoms with van der Waals surface area (Å²) in [7, 11) is 0. The third-order valence-electron chi connectivity index (χ3n) is 3.52. The fourth-order valence-corrected chi connectivity index (χ4v) is 2.53. The molecule has 0 radical (unpaired) electrons. The molecule has 0 bridgehead atoms. The van der Waals surface area contributed by atoms with Crippen LogP contribution in [0.1, 0.15) is 27.3 Å². The average Bonchev–Trinajstić information content (AvgIpc) is 3.06. The molecule has 0 aliphatic rings. The van der Waals surface area contributed by atoms with Crippen molar-refractivity contribution in [1.82, 2.24) is 14.8 Å². The molecule has 2 aromatic heterocycles. The predicted molar refractivity (Wildman–Crippen MR) is 87.3 cm³/mol. The standard InChI is InChI=1S/C17H14ClN3O2/c1-11-16(18)13(10-15(20-11)17(22)23)9-12-3-5-14(6-4-12)21-8-2-7-19-21/h2-8,10H,9H2,1H3,(H,22,23). The van der Waals surface area contributed by atoms with Crippen LogP contribution in [0.5, 0.6) is 0 Å². The first-order valence-electron chi connectivity index (χ1n) is 7.03. The number of aryl methyl sites for hydroxylation is 1. The minimum atomic E-state index is -1.06. The zero-order chi connectivity index (χ0) is 16.4. The Hall–Kier alpha value is -2.66. The lowest BCUT2D eigenvalue weighted by molar-refractivity contribution is 0.0690. The van der Waals surface area contributed by atoms with Crippen LogP contribution in [0.25, 0.3) is 5.69 Å². The predicted octanol–water partition coefficient (Wildman–Crippen LogP) is 3.52. The third kappa shape index (κ3) is 3.24. The van der Waals surface area contributed by atoms with Crippen molar-refractivity contribution in [3.05, 3.63) is 76.3 Å². The maximum atomic E-state index is 11.1. The highest BCUT2D eigenvalue weighted by atomic mass is 35.5. The zero-order valence-corrected chi connectivity index (χ0v) is 13.2. The van der Waals surface area contributed by atoms with Gasteiger partial charge >= 0.3 is 5.97 Å².